The largest absolute Gasteiger partial charge is 0.508 e. The molecular weight excluding hydrogens is 342 g/mol. The van der Waals surface area contributed by atoms with Gasteiger partial charge in [0.05, 0.1) is 5.69 Å². The Morgan fingerprint density at radius 2 is 1.92 bits per heavy atom. The first kappa shape index (κ1) is 18.2. The Hall–Kier alpha value is -3.17. The number of carbonyl (C=O) groups excluding carboxylic acids is 1. The summed E-state index contributed by atoms with van der Waals surface area (Å²) >= 11 is 5.83. The second-order valence-electron chi connectivity index (χ2n) is 5.15. The van der Waals surface area contributed by atoms with Gasteiger partial charge in [0.25, 0.3) is 5.91 Å². The van der Waals surface area contributed by atoms with Gasteiger partial charge < -0.3 is 20.8 Å². The van der Waals surface area contributed by atoms with Crippen molar-refractivity contribution in [2.45, 2.75) is 6.42 Å². The minimum Gasteiger partial charge on any atom is -0.508 e. The Bertz CT molecular complexity index is 826. The first-order valence-electron chi connectivity index (χ1n) is 7.41. The predicted molar refractivity (Wildman–Crippen MR) is 95.3 cm³/mol. The minimum atomic E-state index is -0.532. The predicted octanol–water partition coefficient (Wildman–Crippen LogP) is 2.93. The van der Waals surface area contributed by atoms with Crippen LogP contribution in [0.15, 0.2) is 54.2 Å². The topological polar surface area (TPSA) is 105 Å². The zero-order valence-electron chi connectivity index (χ0n) is 13.2. The summed E-state index contributed by atoms with van der Waals surface area (Å²) in [6, 6.07) is 12.9. The van der Waals surface area contributed by atoms with Gasteiger partial charge in [0, 0.05) is 17.8 Å². The van der Waals surface area contributed by atoms with Crippen molar-refractivity contribution in [1.82, 2.24) is 5.32 Å². The Balaban J connectivity index is 1.92. The molecule has 6 nitrogen and oxygen atoms in total. The highest BCUT2D eigenvalue weighted by Gasteiger charge is 2.09. The molecule has 0 bridgehead atoms. The number of anilines is 1. The Morgan fingerprint density at radius 3 is 2.60 bits per heavy atom. The molecule has 0 fully saturated rings. The first-order valence-corrected chi connectivity index (χ1v) is 7.79. The summed E-state index contributed by atoms with van der Waals surface area (Å²) in [6.07, 6.45) is 1.77. The van der Waals surface area contributed by atoms with E-state index in [1.807, 2.05) is 0 Å². The quantitative estimate of drug-likeness (QED) is 0.361. The van der Waals surface area contributed by atoms with Crippen LogP contribution in [-0.2, 0) is 11.2 Å². The summed E-state index contributed by atoms with van der Waals surface area (Å²) < 4.78 is 0. The van der Waals surface area contributed by atoms with Crippen LogP contribution in [0.5, 0.6) is 11.5 Å². The van der Waals surface area contributed by atoms with Crippen molar-refractivity contribution in [2.75, 3.05) is 11.9 Å². The summed E-state index contributed by atoms with van der Waals surface area (Å²) in [5, 5.41) is 33.8. The van der Waals surface area contributed by atoms with Crippen molar-refractivity contribution in [2.24, 2.45) is 0 Å². The van der Waals surface area contributed by atoms with Crippen molar-refractivity contribution in [1.29, 1.82) is 5.26 Å². The molecule has 0 unspecified atom stereocenters. The summed E-state index contributed by atoms with van der Waals surface area (Å²) in [7, 11) is 0. The lowest BCUT2D eigenvalue weighted by molar-refractivity contribution is -0.117. The average molecular weight is 358 g/mol. The maximum Gasteiger partial charge on any atom is 0.263 e. The molecule has 0 saturated heterocycles. The second-order valence-corrected chi connectivity index (χ2v) is 5.58. The molecule has 2 rings (SSSR count). The number of nitrogens with zero attached hydrogens (tertiary/aromatic N) is 1. The summed E-state index contributed by atoms with van der Waals surface area (Å²) in [6.45, 7) is 0.338. The van der Waals surface area contributed by atoms with Crippen LogP contribution in [0.2, 0.25) is 5.02 Å². The fourth-order valence-corrected chi connectivity index (χ4v) is 2.17. The highest BCUT2D eigenvalue weighted by molar-refractivity contribution is 6.30. The number of carbonyl (C=O) groups is 1. The standard InChI is InChI=1S/C18H16ClN3O3/c19-14-3-6-17(24)16(9-14)22-11-13(10-20)18(25)21-8-7-12-1-4-15(23)5-2-12/h1-6,9,11,22-24H,7-8H2,(H,21,25)/b13-11-. The Labute approximate surface area is 150 Å². The van der Waals surface area contributed by atoms with Gasteiger partial charge in [-0.05, 0) is 42.3 Å². The number of amides is 1. The number of rotatable bonds is 6. The maximum atomic E-state index is 12.0. The van der Waals surface area contributed by atoms with Crippen LogP contribution in [0.3, 0.4) is 0 Å². The van der Waals surface area contributed by atoms with Gasteiger partial charge in [-0.3, -0.25) is 4.79 Å². The normalized spacial score (nSPS) is 10.8. The molecule has 0 saturated carbocycles. The van der Waals surface area contributed by atoms with Crippen molar-refractivity contribution in [3.05, 3.63) is 64.8 Å². The van der Waals surface area contributed by atoms with E-state index in [9.17, 15) is 15.0 Å². The van der Waals surface area contributed by atoms with E-state index < -0.39 is 5.91 Å². The third kappa shape index (κ3) is 5.44. The number of nitrogens with one attached hydrogen (secondary N) is 2. The van der Waals surface area contributed by atoms with Gasteiger partial charge in [-0.15, -0.1) is 0 Å². The Morgan fingerprint density at radius 1 is 1.20 bits per heavy atom. The van der Waals surface area contributed by atoms with Gasteiger partial charge in [-0.2, -0.15) is 5.26 Å². The third-order valence-electron chi connectivity index (χ3n) is 3.33. The molecule has 7 heteroatoms. The zero-order valence-corrected chi connectivity index (χ0v) is 13.9. The monoisotopic (exact) mass is 357 g/mol. The van der Waals surface area contributed by atoms with Gasteiger partial charge >= 0.3 is 0 Å². The number of phenolic OH excluding ortho intramolecular Hbond substituents is 2. The van der Waals surface area contributed by atoms with Gasteiger partial charge in [-0.1, -0.05) is 23.7 Å². The van der Waals surface area contributed by atoms with Crippen LogP contribution < -0.4 is 10.6 Å². The lowest BCUT2D eigenvalue weighted by atomic mass is 10.1. The van der Waals surface area contributed by atoms with Crippen molar-refractivity contribution in [3.63, 3.8) is 0 Å². The van der Waals surface area contributed by atoms with Crippen LogP contribution in [0.1, 0.15) is 5.56 Å². The number of aromatic hydroxyl groups is 2. The molecule has 2 aromatic carbocycles. The molecular formula is C18H16ClN3O3. The molecule has 4 N–H and O–H groups in total. The summed E-state index contributed by atoms with van der Waals surface area (Å²) in [4.78, 5) is 12.0. The first-order chi connectivity index (χ1) is 12.0. The zero-order chi connectivity index (χ0) is 18.2. The number of benzene rings is 2. The second kappa shape index (κ2) is 8.62. The lowest BCUT2D eigenvalue weighted by Crippen LogP contribution is -2.27. The fraction of sp³-hybridized carbons (Fsp3) is 0.111. The van der Waals surface area contributed by atoms with Crippen molar-refractivity contribution < 1.29 is 15.0 Å². The molecule has 0 aromatic heterocycles. The maximum absolute atomic E-state index is 12.0. The molecule has 0 radical (unpaired) electrons. The van der Waals surface area contributed by atoms with E-state index in [4.69, 9.17) is 16.9 Å². The molecule has 2 aromatic rings. The molecule has 0 atom stereocenters. The highest BCUT2D eigenvalue weighted by atomic mass is 35.5. The minimum absolute atomic E-state index is 0.0503. The Kier molecular flexibility index (Phi) is 6.26. The van der Waals surface area contributed by atoms with E-state index in [-0.39, 0.29) is 22.8 Å². The number of hydrogen-bond donors (Lipinski definition) is 4. The molecule has 0 aliphatic heterocycles. The van der Waals surface area contributed by atoms with E-state index in [0.717, 1.165) is 5.56 Å². The summed E-state index contributed by atoms with van der Waals surface area (Å²) in [5.41, 5.74) is 1.10. The van der Waals surface area contributed by atoms with Crippen LogP contribution in [0, 0.1) is 11.3 Å². The van der Waals surface area contributed by atoms with Crippen LogP contribution in [-0.4, -0.2) is 22.7 Å². The van der Waals surface area contributed by atoms with E-state index >= 15 is 0 Å². The highest BCUT2D eigenvalue weighted by Crippen LogP contribution is 2.26. The molecule has 0 aliphatic carbocycles. The number of nitriles is 1. The van der Waals surface area contributed by atoms with Crippen molar-refractivity contribution >= 4 is 23.2 Å². The molecule has 0 spiro atoms. The number of phenols is 2. The third-order valence-corrected chi connectivity index (χ3v) is 3.57. The smallest absolute Gasteiger partial charge is 0.263 e. The number of hydrogen-bond acceptors (Lipinski definition) is 5. The van der Waals surface area contributed by atoms with E-state index in [1.54, 1.807) is 30.3 Å². The van der Waals surface area contributed by atoms with Crippen LogP contribution >= 0.6 is 11.6 Å². The molecule has 128 valence electrons. The van der Waals surface area contributed by atoms with E-state index in [0.29, 0.717) is 18.0 Å². The SMILES string of the molecule is N#C/C(=C/Nc1cc(Cl)ccc1O)C(=O)NCCc1ccc(O)cc1. The van der Waals surface area contributed by atoms with E-state index in [1.165, 1.54) is 24.4 Å². The van der Waals surface area contributed by atoms with Crippen LogP contribution in [0.4, 0.5) is 5.69 Å². The number of halogens is 1. The summed E-state index contributed by atoms with van der Waals surface area (Å²) in [5.74, 6) is -0.404. The van der Waals surface area contributed by atoms with Gasteiger partial charge in [0.15, 0.2) is 0 Å². The fourth-order valence-electron chi connectivity index (χ4n) is 2.00. The van der Waals surface area contributed by atoms with Gasteiger partial charge in [-0.25, -0.2) is 0 Å². The lowest BCUT2D eigenvalue weighted by Gasteiger charge is -2.07. The molecule has 1 amide bonds. The van der Waals surface area contributed by atoms with Gasteiger partial charge in [0.1, 0.15) is 23.1 Å². The van der Waals surface area contributed by atoms with Crippen molar-refractivity contribution in [3.8, 4) is 17.6 Å². The van der Waals surface area contributed by atoms with Crippen LogP contribution in [0.25, 0.3) is 0 Å². The molecule has 0 heterocycles. The van der Waals surface area contributed by atoms with Gasteiger partial charge in [0.2, 0.25) is 0 Å². The molecule has 0 aliphatic rings. The average Bonchev–Trinajstić information content (AvgIpc) is 2.60. The molecule has 25 heavy (non-hydrogen) atoms. The van der Waals surface area contributed by atoms with E-state index in [2.05, 4.69) is 10.6 Å².